The summed E-state index contributed by atoms with van der Waals surface area (Å²) in [4.78, 5) is 9.19. The van der Waals surface area contributed by atoms with Crippen LogP contribution in [0.25, 0.3) is 0 Å². The highest BCUT2D eigenvalue weighted by Crippen LogP contribution is 2.13. The van der Waals surface area contributed by atoms with Crippen LogP contribution in [0.2, 0.25) is 0 Å². The second-order valence-corrected chi connectivity index (χ2v) is 6.55. The molecule has 138 valence electrons. The van der Waals surface area contributed by atoms with Gasteiger partial charge in [0.15, 0.2) is 11.8 Å². The summed E-state index contributed by atoms with van der Waals surface area (Å²) in [5, 5.41) is 15.6. The van der Waals surface area contributed by atoms with Crippen molar-refractivity contribution in [3.8, 4) is 0 Å². The molecule has 2 N–H and O–H groups in total. The molecule has 0 saturated carbocycles. The number of rotatable bonds is 6. The highest BCUT2D eigenvalue weighted by molar-refractivity contribution is 14.0. The summed E-state index contributed by atoms with van der Waals surface area (Å²) in [5.74, 6) is 2.65. The normalized spacial score (nSPS) is 16.9. The van der Waals surface area contributed by atoms with Crippen molar-refractivity contribution in [3.05, 3.63) is 34.0 Å². The molecule has 1 aliphatic rings. The van der Waals surface area contributed by atoms with E-state index >= 15 is 0 Å². The van der Waals surface area contributed by atoms with Gasteiger partial charge in [-0.25, -0.2) is 14.7 Å². The molecular weight excluding hydrogens is 451 g/mol. The predicted octanol–water partition coefficient (Wildman–Crippen LogP) is 2.17. The molecule has 7 nitrogen and oxygen atoms in total. The van der Waals surface area contributed by atoms with E-state index in [1.807, 2.05) is 4.68 Å². The number of halogens is 1. The fraction of sp³-hybridized carbons (Fsp3) is 0.562. The molecule has 2 aromatic rings. The summed E-state index contributed by atoms with van der Waals surface area (Å²) >= 11 is 1.70. The average molecular weight is 476 g/mol. The van der Waals surface area contributed by atoms with Crippen LogP contribution >= 0.6 is 35.3 Å². The number of guanidine groups is 1. The third kappa shape index (κ3) is 5.65. The van der Waals surface area contributed by atoms with E-state index in [1.54, 1.807) is 18.4 Å². The summed E-state index contributed by atoms with van der Waals surface area (Å²) in [6, 6.07) is 2.41. The monoisotopic (exact) mass is 476 g/mol. The summed E-state index contributed by atoms with van der Waals surface area (Å²) in [6.07, 6.45) is 1.94. The summed E-state index contributed by atoms with van der Waals surface area (Å²) in [5.41, 5.74) is 1.24. The number of aliphatic imine (C=N–C) groups is 1. The topological polar surface area (TPSA) is 76.4 Å². The first-order valence-electron chi connectivity index (χ1n) is 8.26. The van der Waals surface area contributed by atoms with Gasteiger partial charge >= 0.3 is 0 Å². The number of methoxy groups -OCH3 is 1. The van der Waals surface area contributed by atoms with Crippen LogP contribution in [0, 0.1) is 0 Å². The number of ether oxygens (including phenoxy) is 1. The molecular formula is C16H25IN6OS. The van der Waals surface area contributed by atoms with Gasteiger partial charge < -0.3 is 15.4 Å². The standard InChI is InChI=1S/C16H24N6OS.HI/c1-3-17-16(18-8-12-6-7-24-11-12)19-13-4-5-15-20-14(10-23-2)21-22(15)9-13;/h6-7,11,13H,3-5,8-10H2,1-2H3,(H2,17,18,19);1H. The van der Waals surface area contributed by atoms with E-state index in [9.17, 15) is 0 Å². The van der Waals surface area contributed by atoms with Gasteiger partial charge in [-0.15, -0.1) is 24.0 Å². The summed E-state index contributed by atoms with van der Waals surface area (Å²) in [7, 11) is 1.66. The first-order valence-corrected chi connectivity index (χ1v) is 9.20. The minimum atomic E-state index is 0. The van der Waals surface area contributed by atoms with Crippen LogP contribution in [0.1, 0.15) is 30.6 Å². The molecule has 0 aromatic carbocycles. The molecule has 0 saturated heterocycles. The van der Waals surface area contributed by atoms with Crippen LogP contribution in [0.4, 0.5) is 0 Å². The Morgan fingerprint density at radius 1 is 1.52 bits per heavy atom. The van der Waals surface area contributed by atoms with Crippen molar-refractivity contribution in [2.24, 2.45) is 4.99 Å². The number of hydrogen-bond donors (Lipinski definition) is 2. The lowest BCUT2D eigenvalue weighted by atomic mass is 10.1. The molecule has 2 aromatic heterocycles. The maximum absolute atomic E-state index is 5.11. The van der Waals surface area contributed by atoms with E-state index in [-0.39, 0.29) is 24.0 Å². The predicted molar refractivity (Wildman–Crippen MR) is 111 cm³/mol. The minimum Gasteiger partial charge on any atom is -0.377 e. The Labute approximate surface area is 169 Å². The molecule has 0 radical (unpaired) electrons. The number of nitrogens with one attached hydrogen (secondary N) is 2. The Hall–Kier alpha value is -1.20. The molecule has 3 heterocycles. The first-order chi connectivity index (χ1) is 11.8. The third-order valence-electron chi connectivity index (χ3n) is 3.86. The Bertz CT molecular complexity index is 672. The maximum Gasteiger partial charge on any atom is 0.191 e. The van der Waals surface area contributed by atoms with E-state index in [2.05, 4.69) is 49.5 Å². The van der Waals surface area contributed by atoms with Gasteiger partial charge in [0.05, 0.1) is 13.1 Å². The van der Waals surface area contributed by atoms with Crippen molar-refractivity contribution in [3.63, 3.8) is 0 Å². The van der Waals surface area contributed by atoms with Crippen molar-refractivity contribution >= 4 is 41.3 Å². The van der Waals surface area contributed by atoms with Gasteiger partial charge in [-0.05, 0) is 35.7 Å². The molecule has 9 heteroatoms. The van der Waals surface area contributed by atoms with E-state index in [0.717, 1.165) is 43.5 Å². The molecule has 0 amide bonds. The van der Waals surface area contributed by atoms with E-state index in [4.69, 9.17) is 4.74 Å². The van der Waals surface area contributed by atoms with Gasteiger partial charge in [0.2, 0.25) is 0 Å². The molecule has 0 spiro atoms. The van der Waals surface area contributed by atoms with E-state index in [1.165, 1.54) is 5.56 Å². The van der Waals surface area contributed by atoms with E-state index < -0.39 is 0 Å². The van der Waals surface area contributed by atoms with Crippen molar-refractivity contribution < 1.29 is 4.74 Å². The Morgan fingerprint density at radius 2 is 2.40 bits per heavy atom. The highest BCUT2D eigenvalue weighted by atomic mass is 127. The van der Waals surface area contributed by atoms with Crippen LogP contribution in [0.5, 0.6) is 0 Å². The van der Waals surface area contributed by atoms with Crippen molar-refractivity contribution in [2.75, 3.05) is 13.7 Å². The van der Waals surface area contributed by atoms with Gasteiger partial charge in [0.25, 0.3) is 0 Å². The zero-order chi connectivity index (χ0) is 16.8. The van der Waals surface area contributed by atoms with Crippen molar-refractivity contribution in [2.45, 2.75) is 45.5 Å². The lowest BCUT2D eigenvalue weighted by molar-refractivity contribution is 0.177. The average Bonchev–Trinajstić information content (AvgIpc) is 3.21. The summed E-state index contributed by atoms with van der Waals surface area (Å²) < 4.78 is 7.10. The first kappa shape index (κ1) is 20.1. The molecule has 1 atom stereocenters. The van der Waals surface area contributed by atoms with Crippen LogP contribution in [-0.2, 0) is 30.9 Å². The van der Waals surface area contributed by atoms with Crippen molar-refractivity contribution in [1.29, 1.82) is 0 Å². The number of aryl methyl sites for hydroxylation is 1. The van der Waals surface area contributed by atoms with Gasteiger partial charge in [-0.1, -0.05) is 0 Å². The Kier molecular flexibility index (Phi) is 8.10. The summed E-state index contributed by atoms with van der Waals surface area (Å²) in [6.45, 7) is 4.87. The van der Waals surface area contributed by atoms with Crippen LogP contribution in [0.15, 0.2) is 21.8 Å². The fourth-order valence-electron chi connectivity index (χ4n) is 2.74. The molecule has 3 rings (SSSR count). The lowest BCUT2D eigenvalue weighted by Crippen LogP contribution is -2.47. The molecule has 0 bridgehead atoms. The molecule has 25 heavy (non-hydrogen) atoms. The largest absolute Gasteiger partial charge is 0.377 e. The van der Waals surface area contributed by atoms with Gasteiger partial charge in [0, 0.05) is 26.1 Å². The third-order valence-corrected chi connectivity index (χ3v) is 4.59. The van der Waals surface area contributed by atoms with E-state index in [0.29, 0.717) is 19.2 Å². The molecule has 0 fully saturated rings. The lowest BCUT2D eigenvalue weighted by Gasteiger charge is -2.25. The zero-order valence-corrected chi connectivity index (χ0v) is 17.7. The quantitative estimate of drug-likeness (QED) is 0.380. The maximum atomic E-state index is 5.11. The minimum absolute atomic E-state index is 0. The second kappa shape index (κ2) is 10.1. The van der Waals surface area contributed by atoms with Crippen LogP contribution in [-0.4, -0.2) is 40.4 Å². The Morgan fingerprint density at radius 3 is 3.12 bits per heavy atom. The number of fused-ring (bicyclic) bond motifs is 1. The van der Waals surface area contributed by atoms with Crippen LogP contribution in [0.3, 0.4) is 0 Å². The van der Waals surface area contributed by atoms with Gasteiger partial charge in [-0.2, -0.15) is 16.4 Å². The highest BCUT2D eigenvalue weighted by Gasteiger charge is 2.22. The van der Waals surface area contributed by atoms with Gasteiger partial charge in [0.1, 0.15) is 12.4 Å². The number of hydrogen-bond acceptors (Lipinski definition) is 5. The number of thiophene rings is 1. The Balaban J connectivity index is 0.00000225. The molecule has 1 aliphatic heterocycles. The second-order valence-electron chi connectivity index (χ2n) is 5.77. The van der Waals surface area contributed by atoms with Crippen LogP contribution < -0.4 is 10.6 Å². The van der Waals surface area contributed by atoms with Gasteiger partial charge in [-0.3, -0.25) is 0 Å². The SMILES string of the molecule is CCNC(=NCc1ccsc1)NC1CCc2nc(COC)nn2C1.I. The number of aromatic nitrogens is 3. The molecule has 1 unspecified atom stereocenters. The fourth-order valence-corrected chi connectivity index (χ4v) is 3.39. The smallest absolute Gasteiger partial charge is 0.191 e. The van der Waals surface area contributed by atoms with Crippen molar-refractivity contribution in [1.82, 2.24) is 25.4 Å². The number of nitrogens with zero attached hydrogens (tertiary/aromatic N) is 4. The zero-order valence-electron chi connectivity index (χ0n) is 14.6. The molecule has 0 aliphatic carbocycles.